The van der Waals surface area contributed by atoms with Gasteiger partial charge in [-0.2, -0.15) is 0 Å². The highest BCUT2D eigenvalue weighted by atomic mass is 35.5. The molecule has 194 valence electrons. The highest BCUT2D eigenvalue weighted by molar-refractivity contribution is 6.30. The van der Waals surface area contributed by atoms with Crippen LogP contribution in [0.2, 0.25) is 5.02 Å². The molecule has 0 aliphatic carbocycles. The van der Waals surface area contributed by atoms with E-state index in [1.807, 2.05) is 47.0 Å². The molecule has 9 nitrogen and oxygen atoms in total. The van der Waals surface area contributed by atoms with E-state index in [0.29, 0.717) is 36.8 Å². The lowest BCUT2D eigenvalue weighted by molar-refractivity contribution is -0.384. The van der Waals surface area contributed by atoms with Crippen LogP contribution >= 0.6 is 11.6 Å². The summed E-state index contributed by atoms with van der Waals surface area (Å²) < 4.78 is 2.05. The first-order valence-corrected chi connectivity index (χ1v) is 12.8. The van der Waals surface area contributed by atoms with Gasteiger partial charge in [-0.15, -0.1) is 0 Å². The van der Waals surface area contributed by atoms with Crippen LogP contribution in [0.15, 0.2) is 91.4 Å². The Balaban J connectivity index is 1.33. The van der Waals surface area contributed by atoms with E-state index in [4.69, 9.17) is 16.6 Å². The number of nitro benzene ring substituents is 1. The Labute approximate surface area is 229 Å². The van der Waals surface area contributed by atoms with Gasteiger partial charge in [0.1, 0.15) is 12.1 Å². The largest absolute Gasteiger partial charge is 0.352 e. The second-order valence-electron chi connectivity index (χ2n) is 9.23. The third-order valence-electron chi connectivity index (χ3n) is 6.94. The number of non-ortho nitro benzene ring substituents is 1. The molecule has 1 aliphatic heterocycles. The van der Waals surface area contributed by atoms with Crippen LogP contribution in [-0.2, 0) is 0 Å². The lowest BCUT2D eigenvalue weighted by Gasteiger charge is -2.35. The van der Waals surface area contributed by atoms with E-state index in [9.17, 15) is 14.9 Å². The summed E-state index contributed by atoms with van der Waals surface area (Å²) in [5, 5.41) is 12.5. The number of amides is 1. The maximum absolute atomic E-state index is 13.1. The molecule has 1 amide bonds. The summed E-state index contributed by atoms with van der Waals surface area (Å²) in [6, 6.07) is 23.5. The van der Waals surface area contributed by atoms with Gasteiger partial charge in [-0.3, -0.25) is 14.9 Å². The van der Waals surface area contributed by atoms with Gasteiger partial charge in [0.2, 0.25) is 0 Å². The van der Waals surface area contributed by atoms with Crippen LogP contribution < -0.4 is 4.90 Å². The van der Waals surface area contributed by atoms with E-state index in [2.05, 4.69) is 28.2 Å². The fourth-order valence-corrected chi connectivity index (χ4v) is 5.08. The van der Waals surface area contributed by atoms with Gasteiger partial charge in [0.05, 0.1) is 10.3 Å². The number of carbonyl (C=O) groups excluding carboxylic acids is 1. The van der Waals surface area contributed by atoms with E-state index in [1.54, 1.807) is 11.2 Å². The van der Waals surface area contributed by atoms with E-state index in [0.717, 1.165) is 33.7 Å². The number of hydrogen-bond donors (Lipinski definition) is 0. The Morgan fingerprint density at radius 2 is 1.56 bits per heavy atom. The minimum absolute atomic E-state index is 0.0381. The molecule has 0 N–H and O–H groups in total. The first-order valence-electron chi connectivity index (χ1n) is 12.5. The maximum atomic E-state index is 13.1. The molecule has 0 bridgehead atoms. The number of anilines is 1. The Bertz CT molecular complexity index is 1660. The second-order valence-corrected chi connectivity index (χ2v) is 9.67. The fraction of sp³-hybridized carbons (Fsp3) is 0.138. The minimum atomic E-state index is -0.473. The van der Waals surface area contributed by atoms with E-state index >= 15 is 0 Å². The summed E-state index contributed by atoms with van der Waals surface area (Å²) in [4.78, 5) is 36.9. The second kappa shape index (κ2) is 10.2. The number of piperazine rings is 1. The average Bonchev–Trinajstić information content (AvgIpc) is 3.38. The molecule has 6 rings (SSSR count). The Kier molecular flexibility index (Phi) is 6.42. The van der Waals surface area contributed by atoms with Gasteiger partial charge in [-0.25, -0.2) is 9.97 Å². The zero-order chi connectivity index (χ0) is 26.9. The van der Waals surface area contributed by atoms with Crippen LogP contribution in [0.4, 0.5) is 11.5 Å². The molecule has 10 heteroatoms. The number of nitro groups is 1. The molecule has 1 fully saturated rings. The quantitative estimate of drug-likeness (QED) is 0.213. The molecule has 0 unspecified atom stereocenters. The number of benzene rings is 3. The molecule has 3 aromatic carbocycles. The number of fused-ring (bicyclic) bond motifs is 1. The highest BCUT2D eigenvalue weighted by Crippen LogP contribution is 2.37. The van der Waals surface area contributed by atoms with Crippen molar-refractivity contribution in [3.8, 4) is 16.8 Å². The molecular weight excluding hydrogens is 516 g/mol. The van der Waals surface area contributed by atoms with Crippen molar-refractivity contribution in [3.63, 3.8) is 0 Å². The van der Waals surface area contributed by atoms with Crippen LogP contribution in [0, 0.1) is 10.1 Å². The average molecular weight is 539 g/mol. The predicted octanol–water partition coefficient (Wildman–Crippen LogP) is 5.61. The standard InChI is InChI=1S/C29H23ClN6O3/c30-22-8-12-23(13-9-22)35-18-25(20-4-2-1-3-5-20)26-27(31-19-32-28(26)35)33-14-16-34(17-15-33)29(37)21-6-10-24(11-7-21)36(38)39/h1-13,18-19H,14-17H2. The van der Waals surface area contributed by atoms with Crippen LogP contribution in [0.25, 0.3) is 27.8 Å². The molecule has 2 aromatic heterocycles. The van der Waals surface area contributed by atoms with Crippen molar-refractivity contribution in [1.29, 1.82) is 0 Å². The van der Waals surface area contributed by atoms with E-state index < -0.39 is 4.92 Å². The lowest BCUT2D eigenvalue weighted by Crippen LogP contribution is -2.49. The van der Waals surface area contributed by atoms with Gasteiger partial charge in [0, 0.05) is 66.3 Å². The topological polar surface area (TPSA) is 97.4 Å². The molecular formula is C29H23ClN6O3. The zero-order valence-electron chi connectivity index (χ0n) is 20.8. The van der Waals surface area contributed by atoms with Crippen molar-refractivity contribution >= 4 is 40.0 Å². The zero-order valence-corrected chi connectivity index (χ0v) is 21.5. The molecule has 39 heavy (non-hydrogen) atoms. The molecule has 0 spiro atoms. The first kappa shape index (κ1) is 24.6. The molecule has 1 saturated heterocycles. The van der Waals surface area contributed by atoms with E-state index in [-0.39, 0.29) is 11.6 Å². The Morgan fingerprint density at radius 1 is 0.872 bits per heavy atom. The summed E-state index contributed by atoms with van der Waals surface area (Å²) in [6.45, 7) is 2.18. The Morgan fingerprint density at radius 3 is 2.23 bits per heavy atom. The molecule has 0 radical (unpaired) electrons. The van der Waals surface area contributed by atoms with Crippen molar-refractivity contribution in [2.45, 2.75) is 0 Å². The van der Waals surface area contributed by atoms with Gasteiger partial charge in [-0.05, 0) is 42.0 Å². The van der Waals surface area contributed by atoms with Gasteiger partial charge < -0.3 is 14.4 Å². The van der Waals surface area contributed by atoms with Gasteiger partial charge in [-0.1, -0.05) is 41.9 Å². The summed E-state index contributed by atoms with van der Waals surface area (Å²) in [5.74, 6) is 0.672. The summed E-state index contributed by atoms with van der Waals surface area (Å²) in [7, 11) is 0. The highest BCUT2D eigenvalue weighted by Gasteiger charge is 2.26. The van der Waals surface area contributed by atoms with E-state index in [1.165, 1.54) is 24.3 Å². The van der Waals surface area contributed by atoms with Gasteiger partial charge >= 0.3 is 0 Å². The molecule has 0 atom stereocenters. The third-order valence-corrected chi connectivity index (χ3v) is 7.20. The smallest absolute Gasteiger partial charge is 0.269 e. The predicted molar refractivity (Wildman–Crippen MR) is 151 cm³/mol. The normalized spacial score (nSPS) is 13.6. The SMILES string of the molecule is O=C(c1ccc([N+](=O)[O-])cc1)N1CCN(c2ncnc3c2c(-c2ccccc2)cn3-c2ccc(Cl)cc2)CC1. The van der Waals surface area contributed by atoms with Crippen LogP contribution in [0.5, 0.6) is 0 Å². The van der Waals surface area contributed by atoms with Gasteiger partial charge in [0.15, 0.2) is 5.65 Å². The van der Waals surface area contributed by atoms with Crippen LogP contribution in [-0.4, -0.2) is 56.4 Å². The minimum Gasteiger partial charge on any atom is -0.352 e. The van der Waals surface area contributed by atoms with Gasteiger partial charge in [0.25, 0.3) is 11.6 Å². The first-order chi connectivity index (χ1) is 19.0. The fourth-order valence-electron chi connectivity index (χ4n) is 4.95. The van der Waals surface area contributed by atoms with Crippen molar-refractivity contribution in [1.82, 2.24) is 19.4 Å². The van der Waals surface area contributed by atoms with Crippen molar-refractivity contribution in [2.75, 3.05) is 31.1 Å². The number of aromatic nitrogens is 3. The monoisotopic (exact) mass is 538 g/mol. The summed E-state index contributed by atoms with van der Waals surface area (Å²) in [5.41, 5.74) is 4.19. The summed E-state index contributed by atoms with van der Waals surface area (Å²) >= 11 is 6.14. The van der Waals surface area contributed by atoms with Crippen molar-refractivity contribution < 1.29 is 9.72 Å². The van der Waals surface area contributed by atoms with Crippen molar-refractivity contribution in [2.24, 2.45) is 0 Å². The number of halogens is 1. The molecule has 1 aliphatic rings. The van der Waals surface area contributed by atoms with Crippen molar-refractivity contribution in [3.05, 3.63) is 112 Å². The number of nitrogens with zero attached hydrogens (tertiary/aromatic N) is 6. The molecule has 5 aromatic rings. The summed E-state index contributed by atoms with van der Waals surface area (Å²) in [6.07, 6.45) is 3.66. The number of carbonyl (C=O) groups is 1. The number of rotatable bonds is 5. The third kappa shape index (κ3) is 4.68. The Hall–Kier alpha value is -4.76. The van der Waals surface area contributed by atoms with Crippen LogP contribution in [0.3, 0.4) is 0 Å². The van der Waals surface area contributed by atoms with Crippen LogP contribution in [0.1, 0.15) is 10.4 Å². The number of hydrogen-bond acceptors (Lipinski definition) is 6. The molecule has 0 saturated carbocycles. The lowest BCUT2D eigenvalue weighted by atomic mass is 10.1. The molecule has 3 heterocycles. The maximum Gasteiger partial charge on any atom is 0.269 e.